The molecule has 0 radical (unpaired) electrons. The summed E-state index contributed by atoms with van der Waals surface area (Å²) in [5.74, 6) is 1.02. The first-order valence-corrected chi connectivity index (χ1v) is 7.44. The van der Waals surface area contributed by atoms with E-state index in [0.717, 1.165) is 30.2 Å². The topological polar surface area (TPSA) is 42.1 Å². The summed E-state index contributed by atoms with van der Waals surface area (Å²) in [6.45, 7) is 8.74. The van der Waals surface area contributed by atoms with Crippen LogP contribution in [-0.4, -0.2) is 23.1 Å². The van der Waals surface area contributed by atoms with Crippen LogP contribution in [-0.2, 0) is 0 Å². The molecular formula is C15H23N3S. The standard InChI is InChI=1S/C15H23N3S/c1-4-15(5-2)6-7-18(10-15)13-9-12(14(16)19)8-11(3)17-13/h8-9H,4-7,10H2,1-3H3,(H2,16,19). The Balaban J connectivity index is 2.26. The third-order valence-electron chi connectivity index (χ3n) is 4.49. The third kappa shape index (κ3) is 2.89. The molecule has 0 aliphatic carbocycles. The average molecular weight is 277 g/mol. The van der Waals surface area contributed by atoms with Gasteiger partial charge in [-0.25, -0.2) is 4.98 Å². The summed E-state index contributed by atoms with van der Waals surface area (Å²) in [4.78, 5) is 7.47. The second-order valence-corrected chi connectivity index (χ2v) is 6.04. The monoisotopic (exact) mass is 277 g/mol. The van der Waals surface area contributed by atoms with E-state index in [2.05, 4.69) is 23.7 Å². The fourth-order valence-electron chi connectivity index (χ4n) is 2.91. The van der Waals surface area contributed by atoms with E-state index in [9.17, 15) is 0 Å². The second kappa shape index (κ2) is 5.45. The number of nitrogens with two attached hydrogens (primary N) is 1. The van der Waals surface area contributed by atoms with Crippen LogP contribution in [0.1, 0.15) is 44.4 Å². The van der Waals surface area contributed by atoms with Gasteiger partial charge in [0.15, 0.2) is 0 Å². The number of aryl methyl sites for hydroxylation is 1. The third-order valence-corrected chi connectivity index (χ3v) is 4.72. The Morgan fingerprint density at radius 3 is 2.63 bits per heavy atom. The SMILES string of the molecule is CCC1(CC)CCN(c2cc(C(N)=S)cc(C)n2)C1. The lowest BCUT2D eigenvalue weighted by Gasteiger charge is -2.27. The molecule has 3 nitrogen and oxygen atoms in total. The van der Waals surface area contributed by atoms with Gasteiger partial charge >= 0.3 is 0 Å². The summed E-state index contributed by atoms with van der Waals surface area (Å²) < 4.78 is 0. The lowest BCUT2D eigenvalue weighted by molar-refractivity contribution is 0.301. The normalized spacial score (nSPS) is 17.7. The van der Waals surface area contributed by atoms with Crippen molar-refractivity contribution in [2.45, 2.75) is 40.0 Å². The van der Waals surface area contributed by atoms with Gasteiger partial charge in [-0.3, -0.25) is 0 Å². The molecule has 0 saturated carbocycles. The zero-order chi connectivity index (χ0) is 14.0. The van der Waals surface area contributed by atoms with Crippen LogP contribution in [0.25, 0.3) is 0 Å². The zero-order valence-corrected chi connectivity index (χ0v) is 12.9. The Morgan fingerprint density at radius 2 is 2.11 bits per heavy atom. The molecule has 2 N–H and O–H groups in total. The minimum Gasteiger partial charge on any atom is -0.389 e. The molecular weight excluding hydrogens is 254 g/mol. The van der Waals surface area contributed by atoms with Gasteiger partial charge in [-0.05, 0) is 43.7 Å². The molecule has 4 heteroatoms. The number of anilines is 1. The lowest BCUT2D eigenvalue weighted by Crippen LogP contribution is -2.27. The molecule has 0 aromatic carbocycles. The fourth-order valence-corrected chi connectivity index (χ4v) is 3.03. The summed E-state index contributed by atoms with van der Waals surface area (Å²) in [6.07, 6.45) is 3.71. The van der Waals surface area contributed by atoms with Gasteiger partial charge in [0.05, 0.1) is 0 Å². The molecule has 0 atom stereocenters. The van der Waals surface area contributed by atoms with Crippen LogP contribution in [0.2, 0.25) is 0 Å². The summed E-state index contributed by atoms with van der Waals surface area (Å²) in [7, 11) is 0. The highest BCUT2D eigenvalue weighted by atomic mass is 32.1. The van der Waals surface area contributed by atoms with Crippen LogP contribution in [0.3, 0.4) is 0 Å². The van der Waals surface area contributed by atoms with Crippen molar-refractivity contribution in [3.8, 4) is 0 Å². The van der Waals surface area contributed by atoms with Crippen molar-refractivity contribution in [2.24, 2.45) is 11.1 Å². The molecule has 0 bridgehead atoms. The molecule has 1 aliphatic heterocycles. The van der Waals surface area contributed by atoms with Gasteiger partial charge in [-0.1, -0.05) is 26.1 Å². The quantitative estimate of drug-likeness (QED) is 0.859. The maximum absolute atomic E-state index is 5.74. The smallest absolute Gasteiger partial charge is 0.129 e. The number of nitrogens with zero attached hydrogens (tertiary/aromatic N) is 2. The van der Waals surface area contributed by atoms with Crippen molar-refractivity contribution in [2.75, 3.05) is 18.0 Å². The highest BCUT2D eigenvalue weighted by Crippen LogP contribution is 2.38. The average Bonchev–Trinajstić information content (AvgIpc) is 2.83. The molecule has 0 spiro atoms. The van der Waals surface area contributed by atoms with Gasteiger partial charge < -0.3 is 10.6 Å². The van der Waals surface area contributed by atoms with Crippen LogP contribution >= 0.6 is 12.2 Å². The molecule has 1 aromatic heterocycles. The van der Waals surface area contributed by atoms with Gasteiger partial charge in [0.25, 0.3) is 0 Å². The Labute approximate surface area is 121 Å². The van der Waals surface area contributed by atoms with Gasteiger partial charge in [-0.15, -0.1) is 0 Å². The van der Waals surface area contributed by atoms with E-state index in [4.69, 9.17) is 18.0 Å². The summed E-state index contributed by atoms with van der Waals surface area (Å²) in [5, 5.41) is 0. The Bertz CT molecular complexity index is 480. The first kappa shape index (κ1) is 14.3. The van der Waals surface area contributed by atoms with E-state index < -0.39 is 0 Å². The minimum atomic E-state index is 0.447. The van der Waals surface area contributed by atoms with Crippen LogP contribution < -0.4 is 10.6 Å². The van der Waals surface area contributed by atoms with Crippen molar-refractivity contribution in [1.29, 1.82) is 0 Å². The molecule has 104 valence electrons. The number of rotatable bonds is 4. The van der Waals surface area contributed by atoms with Crippen LogP contribution in [0.15, 0.2) is 12.1 Å². The molecule has 19 heavy (non-hydrogen) atoms. The maximum Gasteiger partial charge on any atom is 0.129 e. The van der Waals surface area contributed by atoms with Crippen molar-refractivity contribution in [3.05, 3.63) is 23.4 Å². The number of hydrogen-bond acceptors (Lipinski definition) is 3. The van der Waals surface area contributed by atoms with Gasteiger partial charge in [0, 0.05) is 24.3 Å². The van der Waals surface area contributed by atoms with Crippen molar-refractivity contribution in [3.63, 3.8) is 0 Å². The molecule has 2 rings (SSSR count). The molecule has 1 fully saturated rings. The lowest BCUT2D eigenvalue weighted by atomic mass is 9.82. The predicted molar refractivity (Wildman–Crippen MR) is 84.7 cm³/mol. The highest BCUT2D eigenvalue weighted by molar-refractivity contribution is 7.80. The molecule has 0 amide bonds. The highest BCUT2D eigenvalue weighted by Gasteiger charge is 2.35. The second-order valence-electron chi connectivity index (χ2n) is 5.60. The summed E-state index contributed by atoms with van der Waals surface area (Å²) in [6, 6.07) is 3.98. The number of pyridine rings is 1. The van der Waals surface area contributed by atoms with Gasteiger partial charge in [0.2, 0.25) is 0 Å². The van der Waals surface area contributed by atoms with E-state index in [1.807, 2.05) is 19.1 Å². The van der Waals surface area contributed by atoms with Crippen LogP contribution in [0.4, 0.5) is 5.82 Å². The fraction of sp³-hybridized carbons (Fsp3) is 0.600. The molecule has 2 heterocycles. The van der Waals surface area contributed by atoms with E-state index in [-0.39, 0.29) is 0 Å². The largest absolute Gasteiger partial charge is 0.389 e. The Morgan fingerprint density at radius 1 is 1.42 bits per heavy atom. The van der Waals surface area contributed by atoms with Crippen molar-refractivity contribution < 1.29 is 0 Å². The van der Waals surface area contributed by atoms with Crippen molar-refractivity contribution >= 4 is 23.0 Å². The maximum atomic E-state index is 5.74. The number of aromatic nitrogens is 1. The van der Waals surface area contributed by atoms with E-state index >= 15 is 0 Å². The molecule has 1 saturated heterocycles. The summed E-state index contributed by atoms with van der Waals surface area (Å²) >= 11 is 5.08. The first-order valence-electron chi connectivity index (χ1n) is 7.03. The van der Waals surface area contributed by atoms with Gasteiger partial charge in [0.1, 0.15) is 10.8 Å². The first-order chi connectivity index (χ1) is 8.99. The van der Waals surface area contributed by atoms with Crippen LogP contribution in [0.5, 0.6) is 0 Å². The van der Waals surface area contributed by atoms with Crippen molar-refractivity contribution in [1.82, 2.24) is 4.98 Å². The number of thiocarbonyl (C=S) groups is 1. The molecule has 1 aliphatic rings. The van der Waals surface area contributed by atoms with E-state index in [0.29, 0.717) is 10.4 Å². The van der Waals surface area contributed by atoms with E-state index in [1.54, 1.807) is 0 Å². The summed E-state index contributed by atoms with van der Waals surface area (Å²) in [5.41, 5.74) is 8.09. The molecule has 1 aromatic rings. The number of hydrogen-bond donors (Lipinski definition) is 1. The molecule has 0 unspecified atom stereocenters. The minimum absolute atomic E-state index is 0.447. The van der Waals surface area contributed by atoms with Gasteiger partial charge in [-0.2, -0.15) is 0 Å². The Hall–Kier alpha value is -1.16. The van der Waals surface area contributed by atoms with E-state index in [1.165, 1.54) is 19.3 Å². The Kier molecular flexibility index (Phi) is 4.09. The predicted octanol–water partition coefficient (Wildman–Crippen LogP) is 3.04. The van der Waals surface area contributed by atoms with Crippen LogP contribution in [0, 0.1) is 12.3 Å². The zero-order valence-electron chi connectivity index (χ0n) is 12.1.